The second kappa shape index (κ2) is 6.11. The molecule has 0 bridgehead atoms. The molecule has 2 saturated heterocycles. The first-order valence-electron chi connectivity index (χ1n) is 8.06. The van der Waals surface area contributed by atoms with Crippen molar-refractivity contribution in [1.29, 1.82) is 0 Å². The predicted octanol–water partition coefficient (Wildman–Crippen LogP) is 2.65. The summed E-state index contributed by atoms with van der Waals surface area (Å²) in [7, 11) is 0. The zero-order valence-corrected chi connectivity index (χ0v) is 13.4. The smallest absolute Gasteiger partial charge is 0.0710 e. The van der Waals surface area contributed by atoms with Crippen LogP contribution in [0.25, 0.3) is 0 Å². The van der Waals surface area contributed by atoms with E-state index in [0.29, 0.717) is 24.1 Å². The molecule has 2 fully saturated rings. The summed E-state index contributed by atoms with van der Waals surface area (Å²) in [6, 6.07) is 1.32. The fraction of sp³-hybridized carbons (Fsp3) is 1.00. The van der Waals surface area contributed by atoms with Gasteiger partial charge in [0.25, 0.3) is 0 Å². The van der Waals surface area contributed by atoms with Gasteiger partial charge in [0.15, 0.2) is 0 Å². The average molecular weight is 268 g/mol. The molecule has 0 saturated carbocycles. The Kier molecular flexibility index (Phi) is 4.91. The summed E-state index contributed by atoms with van der Waals surface area (Å²) in [5.74, 6) is 0.708. The molecule has 0 radical (unpaired) electrons. The lowest BCUT2D eigenvalue weighted by Gasteiger charge is -2.43. The lowest BCUT2D eigenvalue weighted by Crippen LogP contribution is -2.59. The Labute approximate surface area is 119 Å². The molecule has 2 aliphatic rings. The molecule has 3 nitrogen and oxygen atoms in total. The molecule has 0 aromatic carbocycles. The molecule has 112 valence electrons. The monoisotopic (exact) mass is 268 g/mol. The zero-order chi connectivity index (χ0) is 14.0. The molecule has 0 amide bonds. The van der Waals surface area contributed by atoms with Crippen LogP contribution in [-0.4, -0.2) is 48.3 Å². The van der Waals surface area contributed by atoms with Crippen LogP contribution in [0, 0.1) is 5.92 Å². The number of nitrogens with zero attached hydrogens (tertiary/aromatic N) is 1. The highest BCUT2D eigenvalue weighted by Crippen LogP contribution is 2.30. The van der Waals surface area contributed by atoms with E-state index in [4.69, 9.17) is 4.74 Å². The Morgan fingerprint density at radius 3 is 2.63 bits per heavy atom. The van der Waals surface area contributed by atoms with Crippen LogP contribution in [0.2, 0.25) is 0 Å². The third-order valence-electron chi connectivity index (χ3n) is 4.79. The van der Waals surface area contributed by atoms with Crippen molar-refractivity contribution >= 4 is 0 Å². The average Bonchev–Trinajstić information content (AvgIpc) is 2.68. The Morgan fingerprint density at radius 1 is 1.37 bits per heavy atom. The van der Waals surface area contributed by atoms with Crippen molar-refractivity contribution in [3.8, 4) is 0 Å². The quantitative estimate of drug-likeness (QED) is 0.848. The van der Waals surface area contributed by atoms with Gasteiger partial charge >= 0.3 is 0 Å². The summed E-state index contributed by atoms with van der Waals surface area (Å²) < 4.78 is 6.19. The fourth-order valence-corrected chi connectivity index (χ4v) is 3.51. The van der Waals surface area contributed by atoms with Crippen LogP contribution < -0.4 is 5.32 Å². The summed E-state index contributed by atoms with van der Waals surface area (Å²) >= 11 is 0. The largest absolute Gasteiger partial charge is 0.371 e. The summed E-state index contributed by atoms with van der Waals surface area (Å²) in [5, 5.41) is 3.69. The van der Waals surface area contributed by atoms with E-state index in [-0.39, 0.29) is 5.60 Å². The summed E-state index contributed by atoms with van der Waals surface area (Å²) in [4.78, 5) is 2.68. The molecule has 2 aliphatic heterocycles. The van der Waals surface area contributed by atoms with E-state index in [1.165, 1.54) is 25.8 Å². The van der Waals surface area contributed by atoms with Gasteiger partial charge in [-0.15, -0.1) is 0 Å². The molecule has 2 rings (SSSR count). The van der Waals surface area contributed by atoms with Crippen molar-refractivity contribution in [3.05, 3.63) is 0 Å². The summed E-state index contributed by atoms with van der Waals surface area (Å²) in [6.45, 7) is 14.8. The maximum Gasteiger partial charge on any atom is 0.0710 e. The first-order chi connectivity index (χ1) is 8.91. The van der Waals surface area contributed by atoms with Gasteiger partial charge in [0.2, 0.25) is 0 Å². The van der Waals surface area contributed by atoms with E-state index in [1.807, 2.05) is 0 Å². The number of hydrogen-bond donors (Lipinski definition) is 1. The highest BCUT2D eigenvalue weighted by molar-refractivity contribution is 4.90. The normalized spacial score (nSPS) is 36.0. The highest BCUT2D eigenvalue weighted by Gasteiger charge is 2.36. The molecule has 3 atom stereocenters. The van der Waals surface area contributed by atoms with E-state index < -0.39 is 0 Å². The van der Waals surface area contributed by atoms with Crippen molar-refractivity contribution in [2.75, 3.05) is 19.6 Å². The van der Waals surface area contributed by atoms with E-state index in [0.717, 1.165) is 13.1 Å². The molecule has 3 heteroatoms. The van der Waals surface area contributed by atoms with Crippen LogP contribution in [0.3, 0.4) is 0 Å². The topological polar surface area (TPSA) is 24.5 Å². The minimum atomic E-state index is 0.0934. The number of piperazine rings is 1. The van der Waals surface area contributed by atoms with Crippen molar-refractivity contribution in [1.82, 2.24) is 10.2 Å². The third-order valence-corrected chi connectivity index (χ3v) is 4.79. The van der Waals surface area contributed by atoms with Gasteiger partial charge in [0, 0.05) is 31.7 Å². The Balaban J connectivity index is 1.94. The predicted molar refractivity (Wildman–Crippen MR) is 80.5 cm³/mol. The van der Waals surface area contributed by atoms with Crippen LogP contribution in [-0.2, 0) is 4.74 Å². The molecule has 0 aromatic heterocycles. The van der Waals surface area contributed by atoms with Crippen molar-refractivity contribution in [2.24, 2.45) is 5.92 Å². The molecule has 2 heterocycles. The van der Waals surface area contributed by atoms with E-state index in [9.17, 15) is 0 Å². The number of nitrogens with one attached hydrogen (secondary N) is 1. The van der Waals surface area contributed by atoms with Gasteiger partial charge < -0.3 is 10.1 Å². The molecule has 19 heavy (non-hydrogen) atoms. The maximum atomic E-state index is 6.19. The lowest BCUT2D eigenvalue weighted by atomic mass is 9.97. The van der Waals surface area contributed by atoms with E-state index in [2.05, 4.69) is 44.8 Å². The van der Waals surface area contributed by atoms with Crippen molar-refractivity contribution in [2.45, 2.75) is 77.7 Å². The van der Waals surface area contributed by atoms with Gasteiger partial charge in [-0.3, -0.25) is 4.90 Å². The SMILES string of the molecule is CCC1CN(CC2CCC(C)(C)O2)C(C(C)C)CN1. The minimum absolute atomic E-state index is 0.0934. The minimum Gasteiger partial charge on any atom is -0.371 e. The summed E-state index contributed by atoms with van der Waals surface area (Å²) in [6.07, 6.45) is 4.08. The standard InChI is InChI=1S/C16H32N2O/c1-6-13-10-18(15(9-17-13)12(2)3)11-14-7-8-16(4,5)19-14/h12-15,17H,6-11H2,1-5H3. The highest BCUT2D eigenvalue weighted by atomic mass is 16.5. The molecular formula is C16H32N2O. The van der Waals surface area contributed by atoms with Crippen molar-refractivity contribution < 1.29 is 4.74 Å². The molecule has 1 N–H and O–H groups in total. The van der Waals surface area contributed by atoms with Crippen LogP contribution in [0.5, 0.6) is 0 Å². The van der Waals surface area contributed by atoms with Gasteiger partial charge in [0.1, 0.15) is 0 Å². The molecule has 3 unspecified atom stereocenters. The van der Waals surface area contributed by atoms with E-state index in [1.54, 1.807) is 0 Å². The number of ether oxygens (including phenoxy) is 1. The number of hydrogen-bond acceptors (Lipinski definition) is 3. The Morgan fingerprint density at radius 2 is 2.11 bits per heavy atom. The molecule has 0 spiro atoms. The maximum absolute atomic E-state index is 6.19. The zero-order valence-electron chi connectivity index (χ0n) is 13.4. The first kappa shape index (κ1) is 15.3. The molecular weight excluding hydrogens is 236 g/mol. The van der Waals surface area contributed by atoms with Crippen LogP contribution in [0.1, 0.15) is 53.9 Å². The van der Waals surface area contributed by atoms with Crippen molar-refractivity contribution in [3.63, 3.8) is 0 Å². The fourth-order valence-electron chi connectivity index (χ4n) is 3.51. The second-order valence-corrected chi connectivity index (χ2v) is 7.32. The van der Waals surface area contributed by atoms with Crippen LogP contribution in [0.4, 0.5) is 0 Å². The summed E-state index contributed by atoms with van der Waals surface area (Å²) in [5.41, 5.74) is 0.0934. The third kappa shape index (κ3) is 3.93. The molecule has 0 aromatic rings. The van der Waals surface area contributed by atoms with Gasteiger partial charge in [-0.1, -0.05) is 20.8 Å². The first-order valence-corrected chi connectivity index (χ1v) is 8.06. The van der Waals surface area contributed by atoms with Gasteiger partial charge in [-0.25, -0.2) is 0 Å². The van der Waals surface area contributed by atoms with Gasteiger partial charge in [0.05, 0.1) is 11.7 Å². The van der Waals surface area contributed by atoms with Gasteiger partial charge in [-0.2, -0.15) is 0 Å². The van der Waals surface area contributed by atoms with Crippen LogP contribution in [0.15, 0.2) is 0 Å². The lowest BCUT2D eigenvalue weighted by molar-refractivity contribution is -0.0420. The Bertz CT molecular complexity index is 290. The number of rotatable bonds is 4. The Hall–Kier alpha value is -0.120. The van der Waals surface area contributed by atoms with Gasteiger partial charge in [-0.05, 0) is 39.0 Å². The van der Waals surface area contributed by atoms with Crippen LogP contribution >= 0.6 is 0 Å². The molecule has 0 aliphatic carbocycles. The second-order valence-electron chi connectivity index (χ2n) is 7.32. The van der Waals surface area contributed by atoms with E-state index >= 15 is 0 Å².